The van der Waals surface area contributed by atoms with Crippen LogP contribution in [0.3, 0.4) is 0 Å². The Bertz CT molecular complexity index is 1310. The maximum Gasteiger partial charge on any atom is 0.573 e. The molecule has 3 aromatic rings. The monoisotopic (exact) mass is 496 g/mol. The lowest BCUT2D eigenvalue weighted by molar-refractivity contribution is -0.274. The van der Waals surface area contributed by atoms with Crippen molar-refractivity contribution in [3.63, 3.8) is 0 Å². The number of phenolic OH excluding ortho intramolecular Hbond substituents is 1. The fourth-order valence-corrected chi connectivity index (χ4v) is 4.89. The average molecular weight is 496 g/mol. The highest BCUT2D eigenvalue weighted by molar-refractivity contribution is 6.06. The molecule has 36 heavy (non-hydrogen) atoms. The van der Waals surface area contributed by atoms with Crippen LogP contribution in [0.1, 0.15) is 34.2 Å². The summed E-state index contributed by atoms with van der Waals surface area (Å²) in [5, 5.41) is 15.0. The first kappa shape index (κ1) is 23.7. The van der Waals surface area contributed by atoms with Gasteiger partial charge in [0.1, 0.15) is 5.75 Å². The zero-order valence-corrected chi connectivity index (χ0v) is 19.3. The number of oxime groups is 1. The van der Waals surface area contributed by atoms with Crippen LogP contribution < -0.4 is 9.47 Å². The molecule has 6 nitrogen and oxygen atoms in total. The van der Waals surface area contributed by atoms with Gasteiger partial charge >= 0.3 is 6.36 Å². The topological polar surface area (TPSA) is 63.5 Å². The average Bonchev–Trinajstić information content (AvgIpc) is 3.29. The molecule has 2 aliphatic heterocycles. The summed E-state index contributed by atoms with van der Waals surface area (Å²) < 4.78 is 47.8. The molecule has 3 aromatic carbocycles. The van der Waals surface area contributed by atoms with E-state index in [0.717, 1.165) is 16.7 Å². The third kappa shape index (κ3) is 4.37. The van der Waals surface area contributed by atoms with Gasteiger partial charge in [-0.05, 0) is 41.0 Å². The van der Waals surface area contributed by atoms with E-state index in [1.807, 2.05) is 35.2 Å². The quantitative estimate of drug-likeness (QED) is 0.432. The maximum absolute atomic E-state index is 12.8. The maximum atomic E-state index is 12.8. The van der Waals surface area contributed by atoms with Gasteiger partial charge in [-0.25, -0.2) is 0 Å². The van der Waals surface area contributed by atoms with Crippen LogP contribution in [0.5, 0.6) is 17.2 Å². The number of hydrogen-bond donors (Lipinski definition) is 1. The van der Waals surface area contributed by atoms with Crippen LogP contribution in [0.2, 0.25) is 0 Å². The predicted octanol–water partition coefficient (Wildman–Crippen LogP) is 5.89. The molecule has 0 spiro atoms. The van der Waals surface area contributed by atoms with Crippen LogP contribution in [0.25, 0.3) is 0 Å². The van der Waals surface area contributed by atoms with Gasteiger partial charge in [0.25, 0.3) is 0 Å². The molecule has 0 amide bonds. The van der Waals surface area contributed by atoms with Crippen LogP contribution in [0.4, 0.5) is 13.2 Å². The number of rotatable bonds is 6. The molecule has 0 fully saturated rings. The Morgan fingerprint density at radius 1 is 1.08 bits per heavy atom. The summed E-state index contributed by atoms with van der Waals surface area (Å²) >= 11 is 0. The number of benzene rings is 3. The minimum Gasteiger partial charge on any atom is -0.504 e. The Kier molecular flexibility index (Phi) is 6.09. The summed E-state index contributed by atoms with van der Waals surface area (Å²) in [7, 11) is 1.47. The number of methoxy groups -OCH3 is 1. The molecule has 9 heteroatoms. The van der Waals surface area contributed by atoms with E-state index >= 15 is 0 Å². The molecule has 5 rings (SSSR count). The van der Waals surface area contributed by atoms with Crippen LogP contribution in [0.15, 0.2) is 84.5 Å². The smallest absolute Gasteiger partial charge is 0.504 e. The molecule has 1 N–H and O–H groups in total. The van der Waals surface area contributed by atoms with Crippen molar-refractivity contribution in [1.29, 1.82) is 0 Å². The number of phenols is 1. The van der Waals surface area contributed by atoms with E-state index in [2.05, 4.69) is 16.5 Å². The summed E-state index contributed by atoms with van der Waals surface area (Å²) in [5.74, 6) is -0.381. The molecule has 0 bridgehead atoms. The van der Waals surface area contributed by atoms with Gasteiger partial charge in [0.05, 0.1) is 24.8 Å². The molecular formula is C27H23F3N2O4. The fraction of sp³-hybridized carbons (Fsp3) is 0.222. The molecule has 186 valence electrons. The Balaban J connectivity index is 1.58. The van der Waals surface area contributed by atoms with Gasteiger partial charge in [-0.1, -0.05) is 53.7 Å². The van der Waals surface area contributed by atoms with Crippen LogP contribution in [0, 0.1) is 0 Å². The van der Waals surface area contributed by atoms with Crippen molar-refractivity contribution in [3.05, 3.63) is 102 Å². The summed E-state index contributed by atoms with van der Waals surface area (Å²) in [4.78, 5) is 7.92. The first-order chi connectivity index (χ1) is 17.3. The summed E-state index contributed by atoms with van der Waals surface area (Å²) in [6.07, 6.45) is -3.65. The third-order valence-electron chi connectivity index (χ3n) is 6.35. The van der Waals surface area contributed by atoms with Crippen LogP contribution in [-0.4, -0.2) is 35.4 Å². The van der Waals surface area contributed by atoms with Gasteiger partial charge < -0.3 is 19.4 Å². The minimum atomic E-state index is -4.79. The fourth-order valence-electron chi connectivity index (χ4n) is 4.89. The Labute approximate surface area is 205 Å². The molecule has 2 aliphatic rings. The van der Waals surface area contributed by atoms with E-state index in [0.29, 0.717) is 17.0 Å². The second-order valence-electron chi connectivity index (χ2n) is 8.52. The SMILES string of the molecule is C=C[C@@H]1c2cc(OC)c(O)cc2[C@H]2C(c3ccccc3)=NO[C@H]2N1Cc1cccc(OC(F)(F)F)c1. The van der Waals surface area contributed by atoms with Crippen molar-refractivity contribution >= 4 is 5.71 Å². The zero-order valence-electron chi connectivity index (χ0n) is 19.3. The second-order valence-corrected chi connectivity index (χ2v) is 8.52. The van der Waals surface area contributed by atoms with Gasteiger partial charge in [-0.15, -0.1) is 19.8 Å². The zero-order chi connectivity index (χ0) is 25.4. The molecule has 0 unspecified atom stereocenters. The van der Waals surface area contributed by atoms with E-state index in [9.17, 15) is 18.3 Å². The van der Waals surface area contributed by atoms with Crippen molar-refractivity contribution < 1.29 is 32.6 Å². The van der Waals surface area contributed by atoms with Gasteiger partial charge in [0, 0.05) is 12.1 Å². The largest absolute Gasteiger partial charge is 0.573 e. The highest BCUT2D eigenvalue weighted by Crippen LogP contribution is 2.49. The number of fused-ring (bicyclic) bond motifs is 3. The predicted molar refractivity (Wildman–Crippen MR) is 127 cm³/mol. The summed E-state index contributed by atoms with van der Waals surface area (Å²) in [6.45, 7) is 4.23. The third-order valence-corrected chi connectivity index (χ3v) is 6.35. The number of aromatic hydroxyl groups is 1. The number of nitrogens with zero attached hydrogens (tertiary/aromatic N) is 2. The second kappa shape index (κ2) is 9.23. The molecule has 0 saturated carbocycles. The molecule has 0 saturated heterocycles. The summed E-state index contributed by atoms with van der Waals surface area (Å²) in [5.41, 5.74) is 3.79. The van der Waals surface area contributed by atoms with Gasteiger partial charge in [0.15, 0.2) is 17.7 Å². The lowest BCUT2D eigenvalue weighted by Crippen LogP contribution is -2.46. The van der Waals surface area contributed by atoms with Gasteiger partial charge in [0.2, 0.25) is 0 Å². The van der Waals surface area contributed by atoms with Crippen LogP contribution in [-0.2, 0) is 11.4 Å². The molecule has 0 aliphatic carbocycles. The van der Waals surface area contributed by atoms with Crippen molar-refractivity contribution in [2.45, 2.75) is 31.1 Å². The summed E-state index contributed by atoms with van der Waals surface area (Å²) in [6, 6.07) is 18.4. The normalized spacial score (nSPS) is 21.1. The van der Waals surface area contributed by atoms with E-state index in [-0.39, 0.29) is 24.0 Å². The van der Waals surface area contributed by atoms with E-state index in [1.165, 1.54) is 25.3 Å². The number of hydrogen-bond acceptors (Lipinski definition) is 6. The first-order valence-electron chi connectivity index (χ1n) is 11.2. The number of halogens is 3. The lowest BCUT2D eigenvalue weighted by atomic mass is 9.79. The molecule has 0 aromatic heterocycles. The molecule has 2 heterocycles. The highest BCUT2D eigenvalue weighted by atomic mass is 19.4. The van der Waals surface area contributed by atoms with E-state index in [1.54, 1.807) is 24.3 Å². The highest BCUT2D eigenvalue weighted by Gasteiger charge is 2.48. The van der Waals surface area contributed by atoms with Gasteiger partial charge in [-0.2, -0.15) is 0 Å². The van der Waals surface area contributed by atoms with Crippen molar-refractivity contribution in [2.24, 2.45) is 5.16 Å². The minimum absolute atomic E-state index is 0.0115. The Morgan fingerprint density at radius 2 is 1.86 bits per heavy atom. The van der Waals surface area contributed by atoms with E-state index in [4.69, 9.17) is 9.57 Å². The first-order valence-corrected chi connectivity index (χ1v) is 11.2. The number of ether oxygens (including phenoxy) is 2. The van der Waals surface area contributed by atoms with Crippen molar-refractivity contribution in [2.75, 3.05) is 7.11 Å². The Morgan fingerprint density at radius 3 is 2.56 bits per heavy atom. The van der Waals surface area contributed by atoms with Crippen molar-refractivity contribution in [1.82, 2.24) is 4.90 Å². The Hall–Kier alpha value is -3.98. The molecular weight excluding hydrogens is 473 g/mol. The standard InChI is InChI=1S/C27H23F3N2O4/c1-3-21-19-14-23(34-2)22(33)13-20(19)24-25(17-9-5-4-6-10-17)31-36-26(24)32(21)15-16-8-7-11-18(12-16)35-27(28,29)30/h3-14,21,24,26,33H,1,15H2,2H3/t21-,24+,26-/m1/s1. The van der Waals surface area contributed by atoms with E-state index < -0.39 is 18.6 Å². The van der Waals surface area contributed by atoms with Crippen LogP contribution >= 0.6 is 0 Å². The van der Waals surface area contributed by atoms with Gasteiger partial charge in [-0.3, -0.25) is 4.90 Å². The van der Waals surface area contributed by atoms with Crippen molar-refractivity contribution in [3.8, 4) is 17.2 Å². The molecule has 3 atom stereocenters. The molecule has 0 radical (unpaired) electrons. The lowest BCUT2D eigenvalue weighted by Gasteiger charge is -2.42. The number of alkyl halides is 3.